The quantitative estimate of drug-likeness (QED) is 0.172. The summed E-state index contributed by atoms with van der Waals surface area (Å²) in [6.07, 6.45) is 7.87. The summed E-state index contributed by atoms with van der Waals surface area (Å²) in [4.78, 5) is 6.41. The van der Waals surface area contributed by atoms with Crippen molar-refractivity contribution < 1.29 is 0 Å². The second-order valence-corrected chi connectivity index (χ2v) is 13.8. The molecule has 8 rings (SSSR count). The smallest absolute Gasteiger partial charge is 0.0640 e. The molecule has 6 aromatic rings. The third kappa shape index (κ3) is 4.56. The molecule has 1 heterocycles. The normalized spacial score (nSPS) is 14.8. The summed E-state index contributed by atoms with van der Waals surface area (Å²) in [5.41, 5.74) is 15.6. The number of thiophene rings is 1. The van der Waals surface area contributed by atoms with Crippen LogP contribution in [0.1, 0.15) is 65.4 Å². The third-order valence-corrected chi connectivity index (χ3v) is 10.9. The Morgan fingerprint density at radius 2 is 1.46 bits per heavy atom. The average molecular weight is 610 g/mol. The van der Waals surface area contributed by atoms with Gasteiger partial charge in [0.25, 0.3) is 0 Å². The number of hydrogen-bond acceptors (Lipinski definition) is 2. The van der Waals surface area contributed by atoms with E-state index < -0.39 is 0 Å². The van der Waals surface area contributed by atoms with Crippen LogP contribution in [0.3, 0.4) is 0 Å². The van der Waals surface area contributed by atoms with Crippen LogP contribution < -0.4 is 0 Å². The largest absolute Gasteiger partial charge is 0.253 e. The number of hydrogen-bond donors (Lipinski definition) is 0. The van der Waals surface area contributed by atoms with E-state index >= 15 is 0 Å². The van der Waals surface area contributed by atoms with Gasteiger partial charge in [0.1, 0.15) is 0 Å². The molecule has 5 aromatic carbocycles. The molecule has 0 aliphatic heterocycles. The van der Waals surface area contributed by atoms with E-state index in [-0.39, 0.29) is 5.41 Å². The van der Waals surface area contributed by atoms with Crippen molar-refractivity contribution in [3.8, 4) is 22.3 Å². The van der Waals surface area contributed by atoms with Crippen LogP contribution in [0.5, 0.6) is 0 Å². The van der Waals surface area contributed by atoms with E-state index in [0.29, 0.717) is 0 Å². The highest BCUT2D eigenvalue weighted by Crippen LogP contribution is 2.51. The Labute approximate surface area is 275 Å². The maximum Gasteiger partial charge on any atom is 0.0640 e. The van der Waals surface area contributed by atoms with Gasteiger partial charge >= 0.3 is 0 Å². The Kier molecular flexibility index (Phi) is 6.85. The second kappa shape index (κ2) is 11.1. The first-order chi connectivity index (χ1) is 22.4. The fraction of sp³-hybridized carbons (Fsp3) is 0.114. The van der Waals surface area contributed by atoms with Crippen molar-refractivity contribution in [3.63, 3.8) is 0 Å². The molecule has 0 spiro atoms. The summed E-state index contributed by atoms with van der Waals surface area (Å²) in [5.74, 6) is 0. The Morgan fingerprint density at radius 3 is 2.28 bits per heavy atom. The molecule has 0 unspecified atom stereocenters. The zero-order valence-corrected chi connectivity index (χ0v) is 27.3. The predicted octanol–water partition coefficient (Wildman–Crippen LogP) is 12.2. The van der Waals surface area contributed by atoms with Crippen LogP contribution in [-0.4, -0.2) is 5.71 Å². The zero-order chi connectivity index (χ0) is 31.4. The van der Waals surface area contributed by atoms with Crippen molar-refractivity contribution in [2.45, 2.75) is 32.6 Å². The molecule has 0 radical (unpaired) electrons. The van der Waals surface area contributed by atoms with Crippen LogP contribution in [-0.2, 0) is 5.41 Å². The minimum Gasteiger partial charge on any atom is -0.253 e. The molecule has 1 aromatic heterocycles. The first-order valence-corrected chi connectivity index (χ1v) is 16.8. The van der Waals surface area contributed by atoms with E-state index in [0.717, 1.165) is 29.0 Å². The van der Waals surface area contributed by atoms with E-state index in [4.69, 9.17) is 4.99 Å². The van der Waals surface area contributed by atoms with Crippen molar-refractivity contribution in [1.29, 1.82) is 0 Å². The molecular weight excluding hydrogens is 575 g/mol. The topological polar surface area (TPSA) is 12.4 Å². The van der Waals surface area contributed by atoms with E-state index in [1.165, 1.54) is 65.0 Å². The lowest BCUT2D eigenvalue weighted by Gasteiger charge is -2.21. The number of benzene rings is 5. The van der Waals surface area contributed by atoms with Gasteiger partial charge in [-0.15, -0.1) is 11.3 Å². The Morgan fingerprint density at radius 1 is 0.739 bits per heavy atom. The molecule has 0 fully saturated rings. The number of allylic oxidation sites excluding steroid dienone is 2. The second-order valence-electron chi connectivity index (χ2n) is 12.8. The van der Waals surface area contributed by atoms with Gasteiger partial charge in [0, 0.05) is 37.2 Å². The summed E-state index contributed by atoms with van der Waals surface area (Å²) in [5, 5.41) is 1.32. The maximum absolute atomic E-state index is 5.08. The highest BCUT2D eigenvalue weighted by atomic mass is 32.1. The van der Waals surface area contributed by atoms with Crippen LogP contribution in [0.4, 0.5) is 0 Å². The van der Waals surface area contributed by atoms with E-state index in [1.807, 2.05) is 11.3 Å². The molecule has 0 bridgehead atoms. The molecule has 0 atom stereocenters. The standard InChI is InChI=1S/C44H35NS/c1-28(45-29(2)33-19-13-23-40-41(33)38-18-10-11-22-39(38)44(40,3)4)30-24-26-32(27-25-30)34-16-8-9-17-36-37-21-12-20-35(43(37)46-42(34)36)31-14-6-5-7-15-31/h5-7,9-27H,2,8H2,1,3-4H3. The fourth-order valence-corrected chi connectivity index (χ4v) is 8.66. The average Bonchev–Trinajstić information content (AvgIpc) is 3.47. The molecule has 1 nitrogen and oxygen atoms in total. The molecule has 222 valence electrons. The van der Waals surface area contributed by atoms with Crippen molar-refractivity contribution >= 4 is 44.5 Å². The molecule has 46 heavy (non-hydrogen) atoms. The number of nitrogens with zero attached hydrogens (tertiary/aromatic N) is 1. The molecule has 0 saturated heterocycles. The van der Waals surface area contributed by atoms with E-state index in [2.05, 4.69) is 161 Å². The van der Waals surface area contributed by atoms with Gasteiger partial charge in [0.2, 0.25) is 0 Å². The highest BCUT2D eigenvalue weighted by molar-refractivity contribution is 7.21. The summed E-state index contributed by atoms with van der Waals surface area (Å²) < 4.78 is 1.34. The van der Waals surface area contributed by atoms with Gasteiger partial charge in [-0.25, -0.2) is 0 Å². The van der Waals surface area contributed by atoms with Gasteiger partial charge in [-0.1, -0.05) is 154 Å². The van der Waals surface area contributed by atoms with Crippen molar-refractivity contribution in [2.24, 2.45) is 4.99 Å². The molecule has 2 aliphatic rings. The lowest BCUT2D eigenvalue weighted by molar-refractivity contribution is 0.660. The van der Waals surface area contributed by atoms with E-state index in [1.54, 1.807) is 0 Å². The van der Waals surface area contributed by atoms with Crippen molar-refractivity contribution in [2.75, 3.05) is 0 Å². The van der Waals surface area contributed by atoms with Gasteiger partial charge in [0.15, 0.2) is 0 Å². The highest BCUT2D eigenvalue weighted by Gasteiger charge is 2.36. The summed E-state index contributed by atoms with van der Waals surface area (Å²) in [6, 6.07) is 41.6. The molecule has 2 aliphatic carbocycles. The first-order valence-electron chi connectivity index (χ1n) is 16.0. The minimum absolute atomic E-state index is 0.0452. The van der Waals surface area contributed by atoms with Crippen LogP contribution in [0.15, 0.2) is 139 Å². The van der Waals surface area contributed by atoms with Crippen LogP contribution in [0.2, 0.25) is 0 Å². The molecular formula is C44H35NS. The van der Waals surface area contributed by atoms with Gasteiger partial charge in [-0.2, -0.15) is 0 Å². The lowest BCUT2D eigenvalue weighted by Crippen LogP contribution is -2.14. The zero-order valence-electron chi connectivity index (χ0n) is 26.5. The first kappa shape index (κ1) is 28.4. The molecule has 0 amide bonds. The van der Waals surface area contributed by atoms with Crippen LogP contribution >= 0.6 is 11.3 Å². The lowest BCUT2D eigenvalue weighted by atomic mass is 9.82. The van der Waals surface area contributed by atoms with Crippen LogP contribution in [0.25, 0.3) is 49.7 Å². The molecule has 2 heteroatoms. The summed E-state index contributed by atoms with van der Waals surface area (Å²) in [7, 11) is 0. The van der Waals surface area contributed by atoms with Gasteiger partial charge in [0.05, 0.1) is 5.70 Å². The fourth-order valence-electron chi connectivity index (χ4n) is 7.28. The Bertz CT molecular complexity index is 2260. The van der Waals surface area contributed by atoms with E-state index in [9.17, 15) is 0 Å². The van der Waals surface area contributed by atoms with Gasteiger partial charge < -0.3 is 0 Å². The predicted molar refractivity (Wildman–Crippen MR) is 200 cm³/mol. The van der Waals surface area contributed by atoms with Crippen molar-refractivity contribution in [1.82, 2.24) is 0 Å². The summed E-state index contributed by atoms with van der Waals surface area (Å²) >= 11 is 1.90. The summed E-state index contributed by atoms with van der Waals surface area (Å²) in [6.45, 7) is 11.2. The Balaban J connectivity index is 1.12. The SMILES string of the molecule is C=C(N=C(C)c1ccc(C2=CCC=Cc3c2sc2c(-c4ccccc4)cccc32)cc1)c1cccc2c1-c1ccccc1C2(C)C. The molecule has 0 saturated carbocycles. The van der Waals surface area contributed by atoms with Crippen molar-refractivity contribution in [3.05, 3.63) is 172 Å². The van der Waals surface area contributed by atoms with Crippen LogP contribution in [0, 0.1) is 0 Å². The maximum atomic E-state index is 5.08. The van der Waals surface area contributed by atoms with Gasteiger partial charge in [-0.3, -0.25) is 4.99 Å². The number of fused-ring (bicyclic) bond motifs is 6. The Hall–Kier alpha value is -5.05. The monoisotopic (exact) mass is 609 g/mol. The van der Waals surface area contributed by atoms with Gasteiger partial charge in [-0.05, 0) is 63.4 Å². The molecule has 0 N–H and O–H groups in total. The third-order valence-electron chi connectivity index (χ3n) is 9.66. The number of aliphatic imine (C=N–C) groups is 1. The number of rotatable bonds is 5. The minimum atomic E-state index is -0.0452.